The number of nitrogens with zero attached hydrogens (tertiary/aromatic N) is 2. The van der Waals surface area contributed by atoms with Gasteiger partial charge in [0.05, 0.1) is 14.2 Å². The molecule has 4 rings (SSSR count). The zero-order valence-corrected chi connectivity index (χ0v) is 20.0. The molecule has 10 heteroatoms. The van der Waals surface area contributed by atoms with Gasteiger partial charge in [-0.15, -0.1) is 11.3 Å². The Morgan fingerprint density at radius 3 is 2.30 bits per heavy atom. The fraction of sp³-hybridized carbons (Fsp3) is 0.261. The van der Waals surface area contributed by atoms with Gasteiger partial charge in [0.15, 0.2) is 0 Å². The van der Waals surface area contributed by atoms with Gasteiger partial charge in [-0.05, 0) is 35.7 Å². The molecule has 1 aliphatic heterocycles. The summed E-state index contributed by atoms with van der Waals surface area (Å²) in [7, 11) is -0.653. The molecule has 174 valence electrons. The van der Waals surface area contributed by atoms with Crippen LogP contribution in [0.2, 0.25) is 0 Å². The normalized spacial score (nSPS) is 14.7. The number of carbonyl (C=O) groups excluding carboxylic acids is 1. The third-order valence-corrected chi connectivity index (χ3v) is 8.42. The van der Waals surface area contributed by atoms with E-state index in [0.717, 1.165) is 22.8 Å². The predicted octanol–water partition coefficient (Wildman–Crippen LogP) is 3.53. The average molecular weight is 488 g/mol. The summed E-state index contributed by atoms with van der Waals surface area (Å²) in [5.74, 6) is 0.889. The van der Waals surface area contributed by atoms with E-state index in [1.807, 2.05) is 24.3 Å². The molecule has 3 aromatic rings. The van der Waals surface area contributed by atoms with E-state index in [1.54, 1.807) is 43.9 Å². The summed E-state index contributed by atoms with van der Waals surface area (Å²) in [6, 6.07) is 16.1. The quantitative estimate of drug-likeness (QED) is 0.549. The fourth-order valence-corrected chi connectivity index (χ4v) is 6.41. The molecule has 33 heavy (non-hydrogen) atoms. The Kier molecular flexibility index (Phi) is 6.87. The van der Waals surface area contributed by atoms with Crippen molar-refractivity contribution in [2.45, 2.75) is 4.90 Å². The summed E-state index contributed by atoms with van der Waals surface area (Å²) < 4.78 is 38.6. The molecule has 1 aromatic heterocycles. The highest BCUT2D eigenvalue weighted by Crippen LogP contribution is 2.29. The summed E-state index contributed by atoms with van der Waals surface area (Å²) in [6.45, 7) is 1.74. The van der Waals surface area contributed by atoms with Crippen LogP contribution in [0, 0.1) is 0 Å². The maximum absolute atomic E-state index is 13.4. The van der Waals surface area contributed by atoms with Gasteiger partial charge >= 0.3 is 0 Å². The number of anilines is 2. The molecule has 0 aliphatic carbocycles. The van der Waals surface area contributed by atoms with Crippen LogP contribution in [0.5, 0.6) is 11.5 Å². The first-order valence-electron chi connectivity index (χ1n) is 10.3. The smallest absolute Gasteiger partial charge is 0.267 e. The molecule has 0 saturated carbocycles. The fourth-order valence-electron chi connectivity index (χ4n) is 3.69. The van der Waals surface area contributed by atoms with Crippen molar-refractivity contribution in [2.75, 3.05) is 50.6 Å². The van der Waals surface area contributed by atoms with E-state index in [9.17, 15) is 13.2 Å². The first-order valence-corrected chi connectivity index (χ1v) is 12.7. The van der Waals surface area contributed by atoms with Gasteiger partial charge in [-0.25, -0.2) is 8.42 Å². The summed E-state index contributed by atoms with van der Waals surface area (Å²) in [5, 5.41) is 4.39. The number of amides is 1. The van der Waals surface area contributed by atoms with Gasteiger partial charge in [0.2, 0.25) is 10.0 Å². The lowest BCUT2D eigenvalue weighted by molar-refractivity contribution is 0.102. The lowest BCUT2D eigenvalue weighted by Gasteiger charge is -2.35. The number of benzene rings is 2. The topological polar surface area (TPSA) is 88.2 Å². The number of ether oxygens (including phenoxy) is 2. The van der Waals surface area contributed by atoms with Crippen LogP contribution in [-0.2, 0) is 10.0 Å². The first-order chi connectivity index (χ1) is 15.9. The maximum atomic E-state index is 13.4. The molecule has 1 amide bonds. The Labute approximate surface area is 197 Å². The molecule has 8 nitrogen and oxygen atoms in total. The minimum atomic E-state index is -3.81. The molecule has 0 radical (unpaired) electrons. The van der Waals surface area contributed by atoms with Crippen molar-refractivity contribution in [3.63, 3.8) is 0 Å². The van der Waals surface area contributed by atoms with Gasteiger partial charge in [-0.1, -0.05) is 12.1 Å². The van der Waals surface area contributed by atoms with E-state index < -0.39 is 15.9 Å². The second kappa shape index (κ2) is 9.82. The van der Waals surface area contributed by atoms with E-state index in [2.05, 4.69) is 10.2 Å². The van der Waals surface area contributed by atoms with Crippen molar-refractivity contribution in [2.24, 2.45) is 0 Å². The zero-order chi connectivity index (χ0) is 23.4. The third-order valence-electron chi connectivity index (χ3n) is 5.44. The molecule has 1 aliphatic rings. The molecule has 1 N–H and O–H groups in total. The van der Waals surface area contributed by atoms with Crippen LogP contribution in [0.1, 0.15) is 9.67 Å². The Morgan fingerprint density at radius 2 is 1.61 bits per heavy atom. The Balaban J connectivity index is 1.47. The summed E-state index contributed by atoms with van der Waals surface area (Å²) in [4.78, 5) is 15.2. The average Bonchev–Trinajstić information content (AvgIpc) is 3.35. The van der Waals surface area contributed by atoms with Crippen LogP contribution in [-0.4, -0.2) is 59.0 Å². The molecule has 0 bridgehead atoms. The molecular formula is C23H25N3O5S2. The predicted molar refractivity (Wildman–Crippen MR) is 129 cm³/mol. The van der Waals surface area contributed by atoms with Crippen molar-refractivity contribution in [3.8, 4) is 11.5 Å². The van der Waals surface area contributed by atoms with Crippen molar-refractivity contribution in [1.82, 2.24) is 4.31 Å². The van der Waals surface area contributed by atoms with Crippen molar-refractivity contribution >= 4 is 38.6 Å². The Hall–Kier alpha value is -3.08. The number of rotatable bonds is 7. The lowest BCUT2D eigenvalue weighted by Crippen LogP contribution is -2.48. The van der Waals surface area contributed by atoms with Crippen LogP contribution in [0.25, 0.3) is 0 Å². The van der Waals surface area contributed by atoms with Gasteiger partial charge < -0.3 is 19.7 Å². The number of thiophene rings is 1. The largest absolute Gasteiger partial charge is 0.497 e. The van der Waals surface area contributed by atoms with Gasteiger partial charge in [0, 0.05) is 49.7 Å². The molecule has 1 saturated heterocycles. The molecule has 2 aromatic carbocycles. The van der Waals surface area contributed by atoms with Crippen molar-refractivity contribution in [3.05, 3.63) is 64.9 Å². The van der Waals surface area contributed by atoms with Crippen molar-refractivity contribution in [1.29, 1.82) is 0 Å². The Bertz CT molecular complexity index is 1230. The Morgan fingerprint density at radius 1 is 0.939 bits per heavy atom. The second-order valence-electron chi connectivity index (χ2n) is 7.39. The highest BCUT2D eigenvalue weighted by Gasteiger charge is 2.32. The number of sulfonamides is 1. The molecule has 0 atom stereocenters. The molecular weight excluding hydrogens is 462 g/mol. The van der Waals surface area contributed by atoms with E-state index in [-0.39, 0.29) is 9.77 Å². The number of nitrogens with one attached hydrogen (secondary N) is 1. The van der Waals surface area contributed by atoms with E-state index in [4.69, 9.17) is 9.47 Å². The van der Waals surface area contributed by atoms with Gasteiger partial charge in [-0.2, -0.15) is 4.31 Å². The van der Waals surface area contributed by atoms with Crippen molar-refractivity contribution < 1.29 is 22.7 Å². The standard InChI is InChI=1S/C23H25N3O5S2/c1-30-19-7-3-5-17(15-19)24-23(27)22-21(9-14-32-22)33(28,29)26-12-10-25(11-13-26)18-6-4-8-20(16-18)31-2/h3-9,14-16H,10-13H2,1-2H3,(H,24,27). The highest BCUT2D eigenvalue weighted by molar-refractivity contribution is 7.89. The van der Waals surface area contributed by atoms with Crippen LogP contribution in [0.3, 0.4) is 0 Å². The number of carbonyl (C=O) groups is 1. The monoisotopic (exact) mass is 487 g/mol. The van der Waals surface area contributed by atoms with Gasteiger partial charge in [0.25, 0.3) is 5.91 Å². The summed E-state index contributed by atoms with van der Waals surface area (Å²) in [6.07, 6.45) is 0. The SMILES string of the molecule is COc1cccc(NC(=O)c2sccc2S(=O)(=O)N2CCN(c3cccc(OC)c3)CC2)c1. The first kappa shape index (κ1) is 23.1. The second-order valence-corrected chi connectivity index (χ2v) is 10.2. The minimum absolute atomic E-state index is 0.0303. The van der Waals surface area contributed by atoms with Gasteiger partial charge in [0.1, 0.15) is 21.3 Å². The zero-order valence-electron chi connectivity index (χ0n) is 18.4. The van der Waals surface area contributed by atoms with Crippen LogP contribution in [0.15, 0.2) is 64.9 Å². The third kappa shape index (κ3) is 4.97. The van der Waals surface area contributed by atoms with Gasteiger partial charge in [-0.3, -0.25) is 4.79 Å². The highest BCUT2D eigenvalue weighted by atomic mass is 32.2. The summed E-state index contributed by atoms with van der Waals surface area (Å²) in [5.41, 5.74) is 1.52. The summed E-state index contributed by atoms with van der Waals surface area (Å²) >= 11 is 1.11. The minimum Gasteiger partial charge on any atom is -0.497 e. The maximum Gasteiger partial charge on any atom is 0.267 e. The number of piperazine rings is 1. The van der Waals surface area contributed by atoms with Crippen LogP contribution < -0.4 is 19.7 Å². The molecule has 0 spiro atoms. The molecule has 2 heterocycles. The van der Waals surface area contributed by atoms with Crippen LogP contribution in [0.4, 0.5) is 11.4 Å². The number of hydrogen-bond donors (Lipinski definition) is 1. The number of hydrogen-bond acceptors (Lipinski definition) is 7. The van der Waals surface area contributed by atoms with E-state index in [0.29, 0.717) is 37.6 Å². The van der Waals surface area contributed by atoms with Crippen LogP contribution >= 0.6 is 11.3 Å². The number of methoxy groups -OCH3 is 2. The lowest BCUT2D eigenvalue weighted by atomic mass is 10.2. The molecule has 0 unspecified atom stereocenters. The molecule has 1 fully saturated rings. The van der Waals surface area contributed by atoms with E-state index >= 15 is 0 Å². The van der Waals surface area contributed by atoms with E-state index in [1.165, 1.54) is 10.4 Å².